The van der Waals surface area contributed by atoms with Crippen LogP contribution in [0.2, 0.25) is 0 Å². The van der Waals surface area contributed by atoms with Gasteiger partial charge in [0, 0.05) is 55.1 Å². The predicted molar refractivity (Wildman–Crippen MR) is 155 cm³/mol. The van der Waals surface area contributed by atoms with Gasteiger partial charge in [-0.2, -0.15) is 5.26 Å². The monoisotopic (exact) mass is 521 g/mol. The van der Waals surface area contributed by atoms with E-state index < -0.39 is 5.41 Å². The number of hydrogen-bond donors (Lipinski definition) is 1. The summed E-state index contributed by atoms with van der Waals surface area (Å²) in [7, 11) is 1.85. The van der Waals surface area contributed by atoms with E-state index in [1.165, 1.54) is 0 Å². The Morgan fingerprint density at radius 1 is 0.974 bits per heavy atom. The Kier molecular flexibility index (Phi) is 6.92. The molecule has 2 heterocycles. The maximum atomic E-state index is 13.4. The lowest BCUT2D eigenvalue weighted by molar-refractivity contribution is -0.123. The first kappa shape index (κ1) is 26.5. The highest BCUT2D eigenvalue weighted by molar-refractivity contribution is 6.08. The molecule has 0 bridgehead atoms. The van der Waals surface area contributed by atoms with Crippen LogP contribution in [0.4, 0.5) is 17.1 Å². The minimum absolute atomic E-state index is 0.00420. The first-order valence-corrected chi connectivity index (χ1v) is 13.4. The van der Waals surface area contributed by atoms with Crippen molar-refractivity contribution in [1.82, 2.24) is 4.90 Å². The van der Waals surface area contributed by atoms with Gasteiger partial charge in [0.1, 0.15) is 6.07 Å². The van der Waals surface area contributed by atoms with Crippen LogP contribution < -0.4 is 15.1 Å². The highest BCUT2D eigenvalue weighted by Crippen LogP contribution is 2.41. The number of fused-ring (bicyclic) bond motifs is 2. The molecule has 0 radical (unpaired) electrons. The van der Waals surface area contributed by atoms with Crippen LogP contribution >= 0.6 is 0 Å². The van der Waals surface area contributed by atoms with Gasteiger partial charge in [-0.05, 0) is 48.4 Å². The van der Waals surface area contributed by atoms with E-state index in [2.05, 4.69) is 40.2 Å². The van der Waals surface area contributed by atoms with Crippen molar-refractivity contribution < 1.29 is 9.59 Å². The summed E-state index contributed by atoms with van der Waals surface area (Å²) in [5.41, 5.74) is 5.32. The van der Waals surface area contributed by atoms with E-state index in [-0.39, 0.29) is 23.9 Å². The van der Waals surface area contributed by atoms with Crippen LogP contribution in [0, 0.1) is 16.7 Å². The molecule has 7 nitrogen and oxygen atoms in total. The number of benzene rings is 3. The van der Waals surface area contributed by atoms with Gasteiger partial charge in [-0.15, -0.1) is 0 Å². The second kappa shape index (κ2) is 10.2. The Morgan fingerprint density at radius 3 is 2.36 bits per heavy atom. The van der Waals surface area contributed by atoms with Crippen molar-refractivity contribution in [2.45, 2.75) is 39.8 Å². The number of nitrogens with zero attached hydrogens (tertiary/aromatic N) is 4. The molecule has 1 fully saturated rings. The molecule has 2 amide bonds. The van der Waals surface area contributed by atoms with Gasteiger partial charge in [0.25, 0.3) is 5.91 Å². The molecule has 5 rings (SSSR count). The minimum Gasteiger partial charge on any atom is -0.365 e. The quantitative estimate of drug-likeness (QED) is 0.497. The van der Waals surface area contributed by atoms with Crippen LogP contribution in [-0.4, -0.2) is 49.4 Å². The van der Waals surface area contributed by atoms with Crippen LogP contribution in [0.1, 0.15) is 60.8 Å². The Morgan fingerprint density at radius 2 is 1.67 bits per heavy atom. The lowest BCUT2D eigenvalue weighted by Crippen LogP contribution is -2.53. The van der Waals surface area contributed by atoms with Crippen molar-refractivity contribution in [1.29, 1.82) is 5.26 Å². The second-order valence-corrected chi connectivity index (χ2v) is 11.5. The van der Waals surface area contributed by atoms with Gasteiger partial charge in [0.15, 0.2) is 0 Å². The molecule has 2 atom stereocenters. The lowest BCUT2D eigenvalue weighted by atomic mass is 9.92. The third-order valence-electron chi connectivity index (χ3n) is 7.77. The minimum atomic E-state index is -0.523. The van der Waals surface area contributed by atoms with Gasteiger partial charge in [-0.25, -0.2) is 0 Å². The summed E-state index contributed by atoms with van der Waals surface area (Å²) in [5, 5.41) is 12.9. The number of nitrogens with one attached hydrogen (secondary N) is 1. The van der Waals surface area contributed by atoms with Crippen molar-refractivity contribution in [2.75, 3.05) is 41.8 Å². The average molecular weight is 522 g/mol. The standard InChI is InChI=1S/C32H35N5O2/c1-21-20-36(16-17-37(21)27-15-14-23(18-22(27)19-33)34-31(39)32(2,3)4)29-24-10-6-7-11-25(24)30(38)35(5)28-13-9-8-12-26(28)29/h6-15,18,21,29H,16-17,20H2,1-5H3,(H,34,39). The van der Waals surface area contributed by atoms with E-state index in [4.69, 9.17) is 0 Å². The number of piperazine rings is 1. The van der Waals surface area contributed by atoms with E-state index >= 15 is 0 Å². The van der Waals surface area contributed by atoms with Crippen LogP contribution in [0.3, 0.4) is 0 Å². The van der Waals surface area contributed by atoms with Gasteiger partial charge < -0.3 is 15.1 Å². The molecule has 0 saturated carbocycles. The topological polar surface area (TPSA) is 79.7 Å². The third kappa shape index (κ3) is 4.88. The Bertz CT molecular complexity index is 1470. The highest BCUT2D eigenvalue weighted by atomic mass is 16.2. The molecule has 0 aromatic heterocycles. The molecule has 2 unspecified atom stereocenters. The van der Waals surface area contributed by atoms with Gasteiger partial charge in [-0.3, -0.25) is 14.5 Å². The van der Waals surface area contributed by atoms with Crippen molar-refractivity contribution >= 4 is 28.9 Å². The number of hydrogen-bond acceptors (Lipinski definition) is 5. The maximum Gasteiger partial charge on any atom is 0.258 e. The van der Waals surface area contributed by atoms with Crippen LogP contribution in [0.5, 0.6) is 0 Å². The molecule has 0 spiro atoms. The smallest absolute Gasteiger partial charge is 0.258 e. The predicted octanol–water partition coefficient (Wildman–Crippen LogP) is 5.43. The summed E-state index contributed by atoms with van der Waals surface area (Å²) in [6.45, 7) is 10.0. The number of carbonyl (C=O) groups excluding carboxylic acids is 2. The zero-order valence-corrected chi connectivity index (χ0v) is 23.2. The van der Waals surface area contributed by atoms with Gasteiger partial charge in [-0.1, -0.05) is 57.2 Å². The van der Waals surface area contributed by atoms with Gasteiger partial charge in [0.05, 0.1) is 17.3 Å². The van der Waals surface area contributed by atoms with Gasteiger partial charge in [0.2, 0.25) is 5.91 Å². The average Bonchev–Trinajstić information content (AvgIpc) is 3.01. The molecule has 200 valence electrons. The molecule has 3 aromatic rings. The van der Waals surface area contributed by atoms with Crippen molar-refractivity contribution in [3.8, 4) is 6.07 Å². The van der Waals surface area contributed by atoms with E-state index in [0.29, 0.717) is 11.3 Å². The molecular weight excluding hydrogens is 486 g/mol. The SMILES string of the molecule is CC1CN(C2c3ccccc3C(=O)N(C)c3ccccc32)CCN1c1ccc(NC(=O)C(C)(C)C)cc1C#N. The molecule has 1 N–H and O–H groups in total. The Hall–Kier alpha value is -4.15. The normalized spacial score (nSPS) is 19.5. The van der Waals surface area contributed by atoms with E-state index in [9.17, 15) is 14.9 Å². The second-order valence-electron chi connectivity index (χ2n) is 11.5. The fraction of sp³-hybridized carbons (Fsp3) is 0.344. The fourth-order valence-corrected chi connectivity index (χ4v) is 5.66. The van der Waals surface area contributed by atoms with E-state index in [1.807, 2.05) is 76.3 Å². The van der Waals surface area contributed by atoms with Crippen LogP contribution in [-0.2, 0) is 4.79 Å². The summed E-state index contributed by atoms with van der Waals surface area (Å²) in [6.07, 6.45) is 0. The number of amides is 2. The third-order valence-corrected chi connectivity index (χ3v) is 7.77. The summed E-state index contributed by atoms with van der Waals surface area (Å²) in [5.74, 6) is -0.0845. The number of nitriles is 1. The fourth-order valence-electron chi connectivity index (χ4n) is 5.66. The van der Waals surface area contributed by atoms with Crippen LogP contribution in [0.15, 0.2) is 66.7 Å². The zero-order chi connectivity index (χ0) is 27.9. The first-order valence-electron chi connectivity index (χ1n) is 13.4. The number of anilines is 3. The number of rotatable bonds is 3. The molecule has 3 aromatic carbocycles. The molecule has 2 aliphatic rings. The zero-order valence-electron chi connectivity index (χ0n) is 23.2. The molecule has 39 heavy (non-hydrogen) atoms. The molecule has 2 aliphatic heterocycles. The summed E-state index contributed by atoms with van der Waals surface area (Å²) in [4.78, 5) is 32.3. The molecule has 1 saturated heterocycles. The van der Waals surface area contributed by atoms with Crippen molar-refractivity contribution in [3.63, 3.8) is 0 Å². The Labute approximate surface area is 230 Å². The van der Waals surface area contributed by atoms with Crippen molar-refractivity contribution in [2.24, 2.45) is 5.41 Å². The highest BCUT2D eigenvalue weighted by Gasteiger charge is 2.37. The largest absolute Gasteiger partial charge is 0.365 e. The lowest BCUT2D eigenvalue weighted by Gasteiger charge is -2.45. The molecular formula is C32H35N5O2. The maximum absolute atomic E-state index is 13.4. The molecule has 0 aliphatic carbocycles. The summed E-state index contributed by atoms with van der Waals surface area (Å²) < 4.78 is 0. The number of para-hydroxylation sites is 1. The first-order chi connectivity index (χ1) is 18.6. The Balaban J connectivity index is 1.44. The van der Waals surface area contributed by atoms with E-state index in [0.717, 1.165) is 47.7 Å². The van der Waals surface area contributed by atoms with E-state index in [1.54, 1.807) is 11.0 Å². The molecule has 7 heteroatoms. The summed E-state index contributed by atoms with van der Waals surface area (Å²) >= 11 is 0. The van der Waals surface area contributed by atoms with Gasteiger partial charge >= 0.3 is 0 Å². The summed E-state index contributed by atoms with van der Waals surface area (Å²) in [6, 6.07) is 24.1. The van der Waals surface area contributed by atoms with Crippen molar-refractivity contribution in [3.05, 3.63) is 89.0 Å². The number of carbonyl (C=O) groups is 2. The van der Waals surface area contributed by atoms with Crippen LogP contribution in [0.25, 0.3) is 0 Å².